The molecule has 0 aliphatic carbocycles. The monoisotopic (exact) mass is 446 g/mol. The highest BCUT2D eigenvalue weighted by molar-refractivity contribution is 5.95. The van der Waals surface area contributed by atoms with E-state index >= 15 is 0 Å². The third-order valence-electron chi connectivity index (χ3n) is 4.94. The van der Waals surface area contributed by atoms with Crippen molar-refractivity contribution >= 4 is 23.5 Å². The second-order valence-electron chi connectivity index (χ2n) is 7.54. The Kier molecular flexibility index (Phi) is 7.81. The van der Waals surface area contributed by atoms with Crippen molar-refractivity contribution in [3.63, 3.8) is 0 Å². The van der Waals surface area contributed by atoms with Crippen molar-refractivity contribution in [2.45, 2.75) is 27.3 Å². The van der Waals surface area contributed by atoms with E-state index < -0.39 is 5.97 Å². The molecule has 0 heterocycles. The molecule has 170 valence electrons. The average Bonchev–Trinajstić information content (AvgIpc) is 2.78. The molecule has 7 heteroatoms. The standard InChI is InChI=1S/C26H26N2O5/c1-17-7-4-12-24(18(17)2)32-16-25(30)28-22-10-5-8-20(13-22)15-27-26(31)21-9-6-11-23(14-21)33-19(3)29/h4-14H,15-16H2,1-3H3,(H,27,31)(H,28,30). The summed E-state index contributed by atoms with van der Waals surface area (Å²) in [6.45, 7) is 5.40. The third-order valence-corrected chi connectivity index (χ3v) is 4.94. The first kappa shape index (κ1) is 23.5. The highest BCUT2D eigenvalue weighted by Gasteiger charge is 2.10. The maximum atomic E-state index is 12.5. The Balaban J connectivity index is 1.54. The Labute approximate surface area is 192 Å². The molecule has 0 spiro atoms. The van der Waals surface area contributed by atoms with Crippen LogP contribution in [0.1, 0.15) is 34.0 Å². The maximum Gasteiger partial charge on any atom is 0.308 e. The molecule has 7 nitrogen and oxygen atoms in total. The van der Waals surface area contributed by atoms with Crippen molar-refractivity contribution < 1.29 is 23.9 Å². The minimum absolute atomic E-state index is 0.107. The van der Waals surface area contributed by atoms with E-state index in [1.54, 1.807) is 36.4 Å². The van der Waals surface area contributed by atoms with E-state index in [0.717, 1.165) is 16.7 Å². The van der Waals surface area contributed by atoms with Crippen LogP contribution in [0, 0.1) is 13.8 Å². The topological polar surface area (TPSA) is 93.7 Å². The zero-order valence-corrected chi connectivity index (χ0v) is 18.8. The van der Waals surface area contributed by atoms with E-state index in [9.17, 15) is 14.4 Å². The Morgan fingerprint density at radius 1 is 0.909 bits per heavy atom. The molecule has 0 aliphatic rings. The van der Waals surface area contributed by atoms with Crippen molar-refractivity contribution in [2.75, 3.05) is 11.9 Å². The zero-order chi connectivity index (χ0) is 23.8. The van der Waals surface area contributed by atoms with Crippen LogP contribution in [0.4, 0.5) is 5.69 Å². The van der Waals surface area contributed by atoms with Gasteiger partial charge in [0.15, 0.2) is 6.61 Å². The number of benzene rings is 3. The van der Waals surface area contributed by atoms with Crippen molar-refractivity contribution in [1.82, 2.24) is 5.32 Å². The predicted octanol–water partition coefficient (Wildman–Crippen LogP) is 4.18. The first-order valence-electron chi connectivity index (χ1n) is 10.5. The van der Waals surface area contributed by atoms with E-state index in [1.165, 1.54) is 13.0 Å². The summed E-state index contributed by atoms with van der Waals surface area (Å²) in [6, 6.07) is 19.3. The van der Waals surface area contributed by atoms with Gasteiger partial charge in [0.2, 0.25) is 0 Å². The number of aryl methyl sites for hydroxylation is 1. The predicted molar refractivity (Wildman–Crippen MR) is 125 cm³/mol. The summed E-state index contributed by atoms with van der Waals surface area (Å²) >= 11 is 0. The van der Waals surface area contributed by atoms with Gasteiger partial charge in [0, 0.05) is 24.7 Å². The van der Waals surface area contributed by atoms with E-state index in [-0.39, 0.29) is 25.0 Å². The molecular weight excluding hydrogens is 420 g/mol. The van der Waals surface area contributed by atoms with Gasteiger partial charge >= 0.3 is 5.97 Å². The smallest absolute Gasteiger partial charge is 0.308 e. The number of nitrogens with one attached hydrogen (secondary N) is 2. The minimum atomic E-state index is -0.453. The zero-order valence-electron chi connectivity index (χ0n) is 18.8. The highest BCUT2D eigenvalue weighted by atomic mass is 16.5. The lowest BCUT2D eigenvalue weighted by molar-refractivity contribution is -0.131. The number of esters is 1. The maximum absolute atomic E-state index is 12.5. The van der Waals surface area contributed by atoms with Crippen LogP contribution in [-0.2, 0) is 16.1 Å². The molecule has 2 N–H and O–H groups in total. The highest BCUT2D eigenvalue weighted by Crippen LogP contribution is 2.20. The van der Waals surface area contributed by atoms with Crippen LogP contribution in [-0.4, -0.2) is 24.4 Å². The summed E-state index contributed by atoms with van der Waals surface area (Å²) in [5.74, 6) is -0.0482. The normalized spacial score (nSPS) is 10.3. The van der Waals surface area contributed by atoms with Crippen LogP contribution >= 0.6 is 0 Å². The molecule has 0 atom stereocenters. The average molecular weight is 447 g/mol. The van der Waals surface area contributed by atoms with E-state index in [0.29, 0.717) is 22.7 Å². The Hall–Kier alpha value is -4.13. The van der Waals surface area contributed by atoms with E-state index in [1.807, 2.05) is 38.1 Å². The molecule has 33 heavy (non-hydrogen) atoms. The number of carbonyl (C=O) groups is 3. The summed E-state index contributed by atoms with van der Waals surface area (Å²) in [6.07, 6.45) is 0. The number of ether oxygens (including phenoxy) is 2. The van der Waals surface area contributed by atoms with Gasteiger partial charge in [0.05, 0.1) is 0 Å². The van der Waals surface area contributed by atoms with Crippen molar-refractivity contribution in [2.24, 2.45) is 0 Å². The summed E-state index contributed by atoms with van der Waals surface area (Å²) < 4.78 is 10.7. The summed E-state index contributed by atoms with van der Waals surface area (Å²) in [5.41, 5.74) is 3.89. The van der Waals surface area contributed by atoms with Crippen molar-refractivity contribution in [3.8, 4) is 11.5 Å². The Bertz CT molecular complexity index is 1170. The molecule has 0 saturated heterocycles. The molecule has 0 radical (unpaired) electrons. The van der Waals surface area contributed by atoms with Crippen LogP contribution in [0.15, 0.2) is 66.7 Å². The van der Waals surface area contributed by atoms with Gasteiger partial charge in [-0.1, -0.05) is 30.3 Å². The number of carbonyl (C=O) groups excluding carboxylic acids is 3. The largest absolute Gasteiger partial charge is 0.483 e. The molecule has 0 bridgehead atoms. The summed E-state index contributed by atoms with van der Waals surface area (Å²) in [5, 5.41) is 5.62. The minimum Gasteiger partial charge on any atom is -0.483 e. The van der Waals surface area contributed by atoms with Gasteiger partial charge in [-0.25, -0.2) is 0 Å². The molecule has 3 aromatic rings. The van der Waals surface area contributed by atoms with Gasteiger partial charge < -0.3 is 20.1 Å². The van der Waals surface area contributed by atoms with Gasteiger partial charge in [0.25, 0.3) is 11.8 Å². The summed E-state index contributed by atoms with van der Waals surface area (Å²) in [7, 11) is 0. The Morgan fingerprint density at radius 3 is 2.45 bits per heavy atom. The molecule has 0 aliphatic heterocycles. The van der Waals surface area contributed by atoms with Crippen molar-refractivity contribution in [1.29, 1.82) is 0 Å². The van der Waals surface area contributed by atoms with Crippen molar-refractivity contribution in [3.05, 3.63) is 89.0 Å². The quantitative estimate of drug-likeness (QED) is 0.400. The molecule has 0 aromatic heterocycles. The fourth-order valence-corrected chi connectivity index (χ4v) is 3.13. The number of hydrogen-bond acceptors (Lipinski definition) is 5. The van der Waals surface area contributed by atoms with Crippen LogP contribution < -0.4 is 20.1 Å². The number of amides is 2. The lowest BCUT2D eigenvalue weighted by Gasteiger charge is -2.12. The first-order valence-corrected chi connectivity index (χ1v) is 10.5. The second kappa shape index (κ2) is 10.9. The molecule has 3 aromatic carbocycles. The van der Waals surface area contributed by atoms with Crippen LogP contribution in [0.25, 0.3) is 0 Å². The SMILES string of the molecule is CC(=O)Oc1cccc(C(=O)NCc2cccc(NC(=O)COc3cccc(C)c3C)c2)c1. The third kappa shape index (κ3) is 6.93. The molecule has 0 fully saturated rings. The fourth-order valence-electron chi connectivity index (χ4n) is 3.13. The van der Waals surface area contributed by atoms with Crippen LogP contribution in [0.3, 0.4) is 0 Å². The molecule has 0 unspecified atom stereocenters. The van der Waals surface area contributed by atoms with Crippen LogP contribution in [0.5, 0.6) is 11.5 Å². The molecule has 0 saturated carbocycles. The lowest BCUT2D eigenvalue weighted by atomic mass is 10.1. The number of rotatable bonds is 8. The second-order valence-corrected chi connectivity index (χ2v) is 7.54. The van der Waals surface area contributed by atoms with Gasteiger partial charge in [-0.2, -0.15) is 0 Å². The number of anilines is 1. The van der Waals surface area contributed by atoms with E-state index in [2.05, 4.69) is 10.6 Å². The lowest BCUT2D eigenvalue weighted by Crippen LogP contribution is -2.23. The molecular formula is C26H26N2O5. The van der Waals surface area contributed by atoms with Gasteiger partial charge in [-0.15, -0.1) is 0 Å². The fraction of sp³-hybridized carbons (Fsp3) is 0.192. The molecule has 3 rings (SSSR count). The van der Waals surface area contributed by atoms with Gasteiger partial charge in [-0.05, 0) is 66.9 Å². The first-order chi connectivity index (χ1) is 15.8. The number of hydrogen-bond donors (Lipinski definition) is 2. The van der Waals surface area contributed by atoms with Gasteiger partial charge in [0.1, 0.15) is 11.5 Å². The van der Waals surface area contributed by atoms with Crippen LogP contribution in [0.2, 0.25) is 0 Å². The Morgan fingerprint density at radius 2 is 1.67 bits per heavy atom. The van der Waals surface area contributed by atoms with E-state index in [4.69, 9.17) is 9.47 Å². The van der Waals surface area contributed by atoms with Gasteiger partial charge in [-0.3, -0.25) is 14.4 Å². The summed E-state index contributed by atoms with van der Waals surface area (Å²) in [4.78, 5) is 35.9. The molecule has 2 amide bonds.